The molecule has 1 aromatic heterocycles. The molecule has 102 valence electrons. The molecule has 1 saturated carbocycles. The van der Waals surface area contributed by atoms with Crippen LogP contribution in [0.1, 0.15) is 50.8 Å². The first-order valence-electron chi connectivity index (χ1n) is 7.17. The van der Waals surface area contributed by atoms with Gasteiger partial charge in [0.15, 0.2) is 0 Å². The van der Waals surface area contributed by atoms with Crippen LogP contribution in [0.15, 0.2) is 12.3 Å². The zero-order valence-electron chi connectivity index (χ0n) is 11.3. The number of nitrogens with two attached hydrogens (primary N) is 1. The average Bonchev–Trinajstić information content (AvgIpc) is 2.98. The summed E-state index contributed by atoms with van der Waals surface area (Å²) in [6.45, 7) is 3.53. The van der Waals surface area contributed by atoms with Crippen LogP contribution < -0.4 is 5.73 Å². The molecule has 1 atom stereocenters. The van der Waals surface area contributed by atoms with Gasteiger partial charge in [0.25, 0.3) is 0 Å². The second-order valence-electron chi connectivity index (χ2n) is 5.26. The Labute approximate surface area is 110 Å². The fourth-order valence-electron chi connectivity index (χ4n) is 2.57. The maximum Gasteiger partial charge on any atom is 0.0641 e. The Bertz CT molecular complexity index is 345. The van der Waals surface area contributed by atoms with E-state index in [1.807, 2.05) is 0 Å². The fraction of sp³-hybridized carbons (Fsp3) is 0.786. The topological polar surface area (TPSA) is 53.1 Å². The lowest BCUT2D eigenvalue weighted by Crippen LogP contribution is -2.29. The third kappa shape index (κ3) is 3.82. The van der Waals surface area contributed by atoms with Gasteiger partial charge >= 0.3 is 0 Å². The molecule has 0 bridgehead atoms. The van der Waals surface area contributed by atoms with Crippen LogP contribution in [0, 0.1) is 0 Å². The van der Waals surface area contributed by atoms with E-state index < -0.39 is 0 Å². The highest BCUT2D eigenvalue weighted by Gasteiger charge is 2.17. The summed E-state index contributed by atoms with van der Waals surface area (Å²) in [5, 5.41) is 4.64. The van der Waals surface area contributed by atoms with E-state index in [1.54, 1.807) is 0 Å². The summed E-state index contributed by atoms with van der Waals surface area (Å²) in [4.78, 5) is 0. The molecule has 0 aromatic carbocycles. The van der Waals surface area contributed by atoms with E-state index >= 15 is 0 Å². The van der Waals surface area contributed by atoms with Gasteiger partial charge in [0, 0.05) is 25.3 Å². The average molecular weight is 251 g/mol. The molecule has 0 spiro atoms. The zero-order valence-corrected chi connectivity index (χ0v) is 11.3. The van der Waals surface area contributed by atoms with E-state index in [4.69, 9.17) is 10.5 Å². The van der Waals surface area contributed by atoms with Gasteiger partial charge in [0.1, 0.15) is 0 Å². The zero-order chi connectivity index (χ0) is 12.8. The van der Waals surface area contributed by atoms with Gasteiger partial charge in [0.05, 0.1) is 18.3 Å². The molecule has 2 N–H and O–H groups in total. The van der Waals surface area contributed by atoms with Crippen molar-refractivity contribution in [1.29, 1.82) is 0 Å². The van der Waals surface area contributed by atoms with Crippen molar-refractivity contribution in [3.63, 3.8) is 0 Å². The van der Waals surface area contributed by atoms with Crippen molar-refractivity contribution in [3.05, 3.63) is 18.0 Å². The number of hydrogen-bond donors (Lipinski definition) is 1. The Hall–Kier alpha value is -0.870. The molecular formula is C14H25N3O. The highest BCUT2D eigenvalue weighted by Crippen LogP contribution is 2.28. The predicted octanol–water partition coefficient (Wildman–Crippen LogP) is 2.29. The van der Waals surface area contributed by atoms with E-state index in [-0.39, 0.29) is 6.04 Å². The van der Waals surface area contributed by atoms with Crippen molar-refractivity contribution < 1.29 is 4.74 Å². The van der Waals surface area contributed by atoms with Crippen LogP contribution >= 0.6 is 0 Å². The van der Waals surface area contributed by atoms with Crippen molar-refractivity contribution in [2.75, 3.05) is 13.2 Å². The van der Waals surface area contributed by atoms with Gasteiger partial charge in [-0.1, -0.05) is 19.8 Å². The minimum Gasteiger partial charge on any atom is -0.380 e. The Morgan fingerprint density at radius 2 is 2.28 bits per heavy atom. The number of hydrogen-bond acceptors (Lipinski definition) is 3. The number of ether oxygens (including phenoxy) is 1. The summed E-state index contributed by atoms with van der Waals surface area (Å²) >= 11 is 0. The van der Waals surface area contributed by atoms with Crippen molar-refractivity contribution >= 4 is 0 Å². The third-order valence-corrected chi connectivity index (χ3v) is 3.51. The molecule has 1 heterocycles. The highest BCUT2D eigenvalue weighted by molar-refractivity contribution is 5.02. The first-order chi connectivity index (χ1) is 8.79. The van der Waals surface area contributed by atoms with E-state index in [2.05, 4.69) is 29.0 Å². The van der Waals surface area contributed by atoms with E-state index in [0.717, 1.165) is 25.1 Å². The fourth-order valence-corrected chi connectivity index (χ4v) is 2.57. The molecule has 18 heavy (non-hydrogen) atoms. The van der Waals surface area contributed by atoms with Crippen molar-refractivity contribution in [1.82, 2.24) is 9.78 Å². The second-order valence-corrected chi connectivity index (χ2v) is 5.26. The van der Waals surface area contributed by atoms with Gasteiger partial charge < -0.3 is 10.5 Å². The van der Waals surface area contributed by atoms with Crippen LogP contribution in [0.3, 0.4) is 0 Å². The van der Waals surface area contributed by atoms with Crippen molar-refractivity contribution in [2.45, 2.75) is 57.5 Å². The largest absolute Gasteiger partial charge is 0.380 e. The molecule has 1 aliphatic rings. The summed E-state index contributed by atoms with van der Waals surface area (Å²) in [5.74, 6) is 0. The lowest BCUT2D eigenvalue weighted by atomic mass is 10.2. The molecule has 2 rings (SSSR count). The first-order valence-corrected chi connectivity index (χ1v) is 7.17. The summed E-state index contributed by atoms with van der Waals surface area (Å²) in [6.07, 6.45) is 9.17. The quantitative estimate of drug-likeness (QED) is 0.756. The lowest BCUT2D eigenvalue weighted by molar-refractivity contribution is 0.121. The molecular weight excluding hydrogens is 226 g/mol. The minimum absolute atomic E-state index is 0.0588. The Balaban J connectivity index is 1.78. The molecule has 0 saturated heterocycles. The smallest absolute Gasteiger partial charge is 0.0641 e. The maximum atomic E-state index is 6.03. The number of rotatable bonds is 7. The predicted molar refractivity (Wildman–Crippen MR) is 72.5 cm³/mol. The molecule has 0 radical (unpaired) electrons. The molecule has 0 amide bonds. The van der Waals surface area contributed by atoms with Gasteiger partial charge in [-0.25, -0.2) is 0 Å². The molecule has 1 unspecified atom stereocenters. The van der Waals surface area contributed by atoms with Gasteiger partial charge in [-0.3, -0.25) is 4.68 Å². The summed E-state index contributed by atoms with van der Waals surface area (Å²) in [7, 11) is 0. The van der Waals surface area contributed by atoms with Crippen molar-refractivity contribution in [2.24, 2.45) is 5.73 Å². The minimum atomic E-state index is 0.0588. The van der Waals surface area contributed by atoms with Gasteiger partial charge in [-0.05, 0) is 25.3 Å². The standard InChI is InChI=1S/C14H25N3O/c1-2-9-18-11-12(15)10-13-7-8-17(16-13)14-5-3-4-6-14/h7-8,12,14H,2-6,9-11,15H2,1H3. The van der Waals surface area contributed by atoms with Crippen LogP contribution in [0.25, 0.3) is 0 Å². The maximum absolute atomic E-state index is 6.03. The molecule has 1 aliphatic carbocycles. The second kappa shape index (κ2) is 6.90. The summed E-state index contributed by atoms with van der Waals surface area (Å²) in [6, 6.07) is 2.77. The normalized spacial score (nSPS) is 18.3. The Morgan fingerprint density at radius 1 is 1.50 bits per heavy atom. The summed E-state index contributed by atoms with van der Waals surface area (Å²) in [5.41, 5.74) is 7.13. The van der Waals surface area contributed by atoms with Crippen LogP contribution in [0.2, 0.25) is 0 Å². The monoisotopic (exact) mass is 251 g/mol. The van der Waals surface area contributed by atoms with Crippen LogP contribution in [0.5, 0.6) is 0 Å². The Morgan fingerprint density at radius 3 is 3.00 bits per heavy atom. The molecule has 1 aromatic rings. The summed E-state index contributed by atoms with van der Waals surface area (Å²) < 4.78 is 7.59. The van der Waals surface area contributed by atoms with Crippen LogP contribution in [-0.2, 0) is 11.2 Å². The van der Waals surface area contributed by atoms with Crippen LogP contribution in [-0.4, -0.2) is 29.0 Å². The lowest BCUT2D eigenvalue weighted by Gasteiger charge is -2.11. The number of aromatic nitrogens is 2. The number of nitrogens with zero attached hydrogens (tertiary/aromatic N) is 2. The molecule has 0 aliphatic heterocycles. The molecule has 4 heteroatoms. The SMILES string of the molecule is CCCOCC(N)Cc1ccn(C2CCCC2)n1. The highest BCUT2D eigenvalue weighted by atomic mass is 16.5. The van der Waals surface area contributed by atoms with Gasteiger partial charge in [0.2, 0.25) is 0 Å². The van der Waals surface area contributed by atoms with E-state index in [9.17, 15) is 0 Å². The third-order valence-electron chi connectivity index (χ3n) is 3.51. The molecule has 4 nitrogen and oxygen atoms in total. The van der Waals surface area contributed by atoms with Crippen molar-refractivity contribution in [3.8, 4) is 0 Å². The van der Waals surface area contributed by atoms with Gasteiger partial charge in [-0.15, -0.1) is 0 Å². The van der Waals surface area contributed by atoms with E-state index in [0.29, 0.717) is 12.6 Å². The van der Waals surface area contributed by atoms with Crippen LogP contribution in [0.4, 0.5) is 0 Å². The van der Waals surface area contributed by atoms with E-state index in [1.165, 1.54) is 25.7 Å². The molecule has 1 fully saturated rings. The first kappa shape index (κ1) is 13.6. The van der Waals surface area contributed by atoms with Gasteiger partial charge in [-0.2, -0.15) is 5.10 Å². The Kier molecular flexibility index (Phi) is 5.20.